The molecule has 1 unspecified atom stereocenters. The maximum Gasteiger partial charge on any atom is -0.0210 e. The average molecular weight is 235 g/mol. The molecule has 2 aliphatic carbocycles. The summed E-state index contributed by atoms with van der Waals surface area (Å²) in [6, 6.07) is 0. The standard InChI is InChI=1S/C17H31/c1-2-16-12-6-7-13-17(16)14-8-11-15-9-4-3-5-10-15/h15-16H,2-14H2,1H3. The predicted octanol–water partition coefficient (Wildman–Crippen LogP) is 5.91. The van der Waals surface area contributed by atoms with Crippen molar-refractivity contribution in [2.75, 3.05) is 0 Å². The summed E-state index contributed by atoms with van der Waals surface area (Å²) in [5.74, 6) is 4.03. The molecule has 0 aromatic rings. The molecule has 1 atom stereocenters. The van der Waals surface area contributed by atoms with Crippen LogP contribution in [0.3, 0.4) is 0 Å². The highest BCUT2D eigenvalue weighted by Gasteiger charge is 2.24. The van der Waals surface area contributed by atoms with Gasteiger partial charge in [0.05, 0.1) is 0 Å². The van der Waals surface area contributed by atoms with E-state index in [1.54, 1.807) is 0 Å². The van der Waals surface area contributed by atoms with Crippen molar-refractivity contribution < 1.29 is 0 Å². The highest BCUT2D eigenvalue weighted by molar-refractivity contribution is 4.98. The monoisotopic (exact) mass is 235 g/mol. The summed E-state index contributed by atoms with van der Waals surface area (Å²) in [7, 11) is 0. The van der Waals surface area contributed by atoms with Crippen molar-refractivity contribution >= 4 is 0 Å². The first-order valence-corrected chi connectivity index (χ1v) is 8.24. The molecule has 2 aliphatic rings. The Kier molecular flexibility index (Phi) is 5.88. The minimum absolute atomic E-state index is 0.995. The maximum absolute atomic E-state index is 2.39. The van der Waals surface area contributed by atoms with Gasteiger partial charge in [-0.25, -0.2) is 0 Å². The Morgan fingerprint density at radius 2 is 1.71 bits per heavy atom. The summed E-state index contributed by atoms with van der Waals surface area (Å²) < 4.78 is 0. The molecule has 0 nitrogen and oxygen atoms in total. The first kappa shape index (κ1) is 13.4. The van der Waals surface area contributed by atoms with Crippen LogP contribution in [0.15, 0.2) is 0 Å². The van der Waals surface area contributed by atoms with E-state index in [1.165, 1.54) is 83.5 Å². The molecule has 0 heteroatoms. The second kappa shape index (κ2) is 7.44. The van der Waals surface area contributed by atoms with E-state index in [4.69, 9.17) is 0 Å². The van der Waals surface area contributed by atoms with Crippen LogP contribution >= 0.6 is 0 Å². The van der Waals surface area contributed by atoms with Crippen molar-refractivity contribution in [2.24, 2.45) is 11.8 Å². The van der Waals surface area contributed by atoms with Crippen LogP contribution in [0.4, 0.5) is 0 Å². The lowest BCUT2D eigenvalue weighted by molar-refractivity contribution is 0.314. The molecular weight excluding hydrogens is 204 g/mol. The van der Waals surface area contributed by atoms with E-state index in [1.807, 2.05) is 5.92 Å². The minimum Gasteiger partial charge on any atom is -0.0651 e. The molecule has 0 aliphatic heterocycles. The van der Waals surface area contributed by atoms with Crippen LogP contribution in [0.25, 0.3) is 0 Å². The molecular formula is C17H31. The molecule has 2 rings (SSSR count). The van der Waals surface area contributed by atoms with Crippen molar-refractivity contribution in [1.29, 1.82) is 0 Å². The van der Waals surface area contributed by atoms with Gasteiger partial charge in [-0.3, -0.25) is 0 Å². The van der Waals surface area contributed by atoms with Gasteiger partial charge in [0.15, 0.2) is 0 Å². The van der Waals surface area contributed by atoms with E-state index < -0.39 is 0 Å². The zero-order chi connectivity index (χ0) is 11.9. The van der Waals surface area contributed by atoms with E-state index in [0.29, 0.717) is 0 Å². The van der Waals surface area contributed by atoms with E-state index in [9.17, 15) is 0 Å². The minimum atomic E-state index is 0.995. The predicted molar refractivity (Wildman–Crippen MR) is 75.9 cm³/mol. The first-order valence-electron chi connectivity index (χ1n) is 8.24. The molecule has 0 bridgehead atoms. The molecule has 2 fully saturated rings. The highest BCUT2D eigenvalue weighted by Crippen LogP contribution is 2.38. The Bertz CT molecular complexity index is 190. The normalized spacial score (nSPS) is 28.4. The number of rotatable bonds is 5. The Morgan fingerprint density at radius 3 is 2.47 bits per heavy atom. The largest absolute Gasteiger partial charge is 0.0651 e. The molecule has 0 N–H and O–H groups in total. The third-order valence-corrected chi connectivity index (χ3v) is 5.21. The zero-order valence-electron chi connectivity index (χ0n) is 11.8. The van der Waals surface area contributed by atoms with Crippen molar-refractivity contribution in [3.8, 4) is 0 Å². The summed E-state index contributed by atoms with van der Waals surface area (Å²) in [4.78, 5) is 0. The Hall–Kier alpha value is 0. The number of hydrogen-bond donors (Lipinski definition) is 0. The summed E-state index contributed by atoms with van der Waals surface area (Å²) in [6.45, 7) is 2.39. The fraction of sp³-hybridized carbons (Fsp3) is 0.941. The van der Waals surface area contributed by atoms with E-state index in [-0.39, 0.29) is 0 Å². The maximum atomic E-state index is 2.39. The molecule has 0 heterocycles. The van der Waals surface area contributed by atoms with Crippen LogP contribution < -0.4 is 0 Å². The first-order chi connectivity index (χ1) is 8.40. The van der Waals surface area contributed by atoms with Crippen LogP contribution in [0.2, 0.25) is 0 Å². The van der Waals surface area contributed by atoms with Crippen LogP contribution in [0.5, 0.6) is 0 Å². The molecule has 0 spiro atoms. The zero-order valence-corrected chi connectivity index (χ0v) is 11.8. The third kappa shape index (κ3) is 4.30. The van der Waals surface area contributed by atoms with E-state index in [0.717, 1.165) is 11.8 Å². The molecule has 0 aromatic heterocycles. The molecule has 0 amide bonds. The summed E-state index contributed by atoms with van der Waals surface area (Å²) in [5.41, 5.74) is 0. The van der Waals surface area contributed by atoms with Gasteiger partial charge in [-0.1, -0.05) is 71.1 Å². The molecule has 1 radical (unpaired) electrons. The fourth-order valence-electron chi connectivity index (χ4n) is 4.07. The topological polar surface area (TPSA) is 0 Å². The van der Waals surface area contributed by atoms with Crippen molar-refractivity contribution in [3.05, 3.63) is 5.92 Å². The van der Waals surface area contributed by atoms with E-state index in [2.05, 4.69) is 6.92 Å². The third-order valence-electron chi connectivity index (χ3n) is 5.21. The quantitative estimate of drug-likeness (QED) is 0.555. The van der Waals surface area contributed by atoms with E-state index >= 15 is 0 Å². The van der Waals surface area contributed by atoms with Gasteiger partial charge in [-0.05, 0) is 37.0 Å². The Morgan fingerprint density at radius 1 is 0.941 bits per heavy atom. The molecule has 0 saturated heterocycles. The Balaban J connectivity index is 1.62. The second-order valence-corrected chi connectivity index (χ2v) is 6.41. The van der Waals surface area contributed by atoms with Crippen LogP contribution in [-0.2, 0) is 0 Å². The molecule has 2 saturated carbocycles. The van der Waals surface area contributed by atoms with Gasteiger partial charge in [-0.2, -0.15) is 0 Å². The second-order valence-electron chi connectivity index (χ2n) is 6.41. The van der Waals surface area contributed by atoms with Crippen LogP contribution in [0.1, 0.15) is 90.4 Å². The van der Waals surface area contributed by atoms with Crippen molar-refractivity contribution in [1.82, 2.24) is 0 Å². The van der Waals surface area contributed by atoms with Gasteiger partial charge in [-0.15, -0.1) is 0 Å². The van der Waals surface area contributed by atoms with Crippen molar-refractivity contribution in [3.63, 3.8) is 0 Å². The SMILES string of the molecule is CCC1CCCC[C]1CCCC1CCCCC1. The summed E-state index contributed by atoms with van der Waals surface area (Å²) in [5, 5.41) is 0. The smallest absolute Gasteiger partial charge is 0.0210 e. The summed E-state index contributed by atoms with van der Waals surface area (Å²) in [6.07, 6.45) is 19.4. The summed E-state index contributed by atoms with van der Waals surface area (Å²) >= 11 is 0. The lowest BCUT2D eigenvalue weighted by Gasteiger charge is -2.31. The van der Waals surface area contributed by atoms with Crippen LogP contribution in [-0.4, -0.2) is 0 Å². The lowest BCUT2D eigenvalue weighted by atomic mass is 9.75. The average Bonchev–Trinajstić information content (AvgIpc) is 2.40. The molecule has 17 heavy (non-hydrogen) atoms. The fourth-order valence-corrected chi connectivity index (χ4v) is 4.07. The lowest BCUT2D eigenvalue weighted by Crippen LogP contribution is -2.17. The van der Waals surface area contributed by atoms with Gasteiger partial charge in [0.2, 0.25) is 0 Å². The molecule has 0 aromatic carbocycles. The van der Waals surface area contributed by atoms with Gasteiger partial charge in [0.25, 0.3) is 0 Å². The Labute approximate surface area is 109 Å². The van der Waals surface area contributed by atoms with Gasteiger partial charge < -0.3 is 0 Å². The van der Waals surface area contributed by atoms with Gasteiger partial charge in [0, 0.05) is 0 Å². The van der Waals surface area contributed by atoms with Gasteiger partial charge in [0.1, 0.15) is 0 Å². The molecule has 99 valence electrons. The number of hydrogen-bond acceptors (Lipinski definition) is 0. The van der Waals surface area contributed by atoms with Crippen molar-refractivity contribution in [2.45, 2.75) is 90.4 Å². The van der Waals surface area contributed by atoms with Gasteiger partial charge >= 0.3 is 0 Å². The van der Waals surface area contributed by atoms with Crippen LogP contribution in [0, 0.1) is 17.8 Å². The highest BCUT2D eigenvalue weighted by atomic mass is 14.3.